The lowest BCUT2D eigenvalue weighted by atomic mass is 9.98. The van der Waals surface area contributed by atoms with Gasteiger partial charge < -0.3 is 14.7 Å². The predicted octanol–water partition coefficient (Wildman–Crippen LogP) is 2.51. The second-order valence-corrected chi connectivity index (χ2v) is 6.82. The molecule has 0 spiro atoms. The maximum atomic E-state index is 12.8. The number of benzene rings is 2. The molecule has 5 nitrogen and oxygen atoms in total. The van der Waals surface area contributed by atoms with Gasteiger partial charge >= 0.3 is 0 Å². The molecule has 1 amide bonds. The normalized spacial score (nSPS) is 16.1. The number of aliphatic hydroxyl groups is 1. The smallest absolute Gasteiger partial charge is 0.232 e. The van der Waals surface area contributed by atoms with Gasteiger partial charge in [0.2, 0.25) is 5.91 Å². The minimum atomic E-state index is -0.469. The van der Waals surface area contributed by atoms with E-state index in [2.05, 4.69) is 17.0 Å². The van der Waals surface area contributed by atoms with Crippen LogP contribution in [-0.2, 0) is 11.3 Å². The van der Waals surface area contributed by atoms with Crippen LogP contribution in [0.1, 0.15) is 24.0 Å². The molecule has 0 radical (unpaired) electrons. The van der Waals surface area contributed by atoms with E-state index in [0.717, 1.165) is 30.9 Å². The highest BCUT2D eigenvalue weighted by molar-refractivity contribution is 5.84. The number of piperazine rings is 1. The van der Waals surface area contributed by atoms with Gasteiger partial charge in [0.15, 0.2) is 0 Å². The van der Waals surface area contributed by atoms with E-state index in [1.165, 1.54) is 5.56 Å². The van der Waals surface area contributed by atoms with Crippen LogP contribution in [0, 0.1) is 0 Å². The lowest BCUT2D eigenvalue weighted by Gasteiger charge is -2.36. The Morgan fingerprint density at radius 3 is 2.30 bits per heavy atom. The molecule has 2 aromatic rings. The van der Waals surface area contributed by atoms with Crippen molar-refractivity contribution in [1.29, 1.82) is 0 Å². The fourth-order valence-corrected chi connectivity index (χ4v) is 3.47. The van der Waals surface area contributed by atoms with Crippen LogP contribution in [0.2, 0.25) is 0 Å². The van der Waals surface area contributed by atoms with Crippen LogP contribution >= 0.6 is 0 Å². The molecule has 1 heterocycles. The molecule has 0 aliphatic carbocycles. The van der Waals surface area contributed by atoms with Crippen molar-refractivity contribution < 1.29 is 14.6 Å². The molecule has 1 atom stereocenters. The molecule has 0 aromatic heterocycles. The van der Waals surface area contributed by atoms with Crippen molar-refractivity contribution in [3.63, 3.8) is 0 Å². The first-order chi connectivity index (χ1) is 13.2. The van der Waals surface area contributed by atoms with Gasteiger partial charge in [-0.1, -0.05) is 42.5 Å². The highest BCUT2D eigenvalue weighted by Crippen LogP contribution is 2.20. The third-order valence-electron chi connectivity index (χ3n) is 5.01. The minimum absolute atomic E-state index is 0.0180. The van der Waals surface area contributed by atoms with Gasteiger partial charge in [-0.25, -0.2) is 0 Å². The zero-order valence-electron chi connectivity index (χ0n) is 15.9. The molecular weight excluding hydrogens is 340 g/mol. The van der Waals surface area contributed by atoms with E-state index in [1.54, 1.807) is 0 Å². The molecular formula is C22H28N2O3. The summed E-state index contributed by atoms with van der Waals surface area (Å²) in [5.74, 6) is 0.445. The topological polar surface area (TPSA) is 53.0 Å². The van der Waals surface area contributed by atoms with Crippen LogP contribution in [0.25, 0.3) is 0 Å². The Morgan fingerprint density at radius 1 is 1.04 bits per heavy atom. The van der Waals surface area contributed by atoms with Crippen LogP contribution in [0.15, 0.2) is 54.6 Å². The number of hydrogen-bond acceptors (Lipinski definition) is 4. The predicted molar refractivity (Wildman–Crippen MR) is 106 cm³/mol. The molecule has 1 fully saturated rings. The van der Waals surface area contributed by atoms with E-state index >= 15 is 0 Å². The van der Waals surface area contributed by atoms with Gasteiger partial charge in [0.1, 0.15) is 5.75 Å². The Balaban J connectivity index is 1.52. The third-order valence-corrected chi connectivity index (χ3v) is 5.01. The van der Waals surface area contributed by atoms with Crippen molar-refractivity contribution >= 4 is 5.91 Å². The van der Waals surface area contributed by atoms with Crippen molar-refractivity contribution in [3.8, 4) is 5.75 Å². The first-order valence-electron chi connectivity index (χ1n) is 9.60. The Labute approximate surface area is 161 Å². The highest BCUT2D eigenvalue weighted by Gasteiger charge is 2.28. The Hall–Kier alpha value is -2.37. The van der Waals surface area contributed by atoms with E-state index in [9.17, 15) is 9.90 Å². The molecule has 1 N–H and O–H groups in total. The fourth-order valence-electron chi connectivity index (χ4n) is 3.47. The Morgan fingerprint density at radius 2 is 1.70 bits per heavy atom. The number of hydrogen-bond donors (Lipinski definition) is 1. The van der Waals surface area contributed by atoms with Crippen molar-refractivity contribution in [2.45, 2.75) is 19.4 Å². The SMILES string of the molecule is CCOc1ccc(CN2CCN(C(=O)C(CO)c3ccccc3)CC2)cc1. The third kappa shape index (κ3) is 5.08. The summed E-state index contributed by atoms with van der Waals surface area (Å²) in [7, 11) is 0. The van der Waals surface area contributed by atoms with Crippen LogP contribution in [0.5, 0.6) is 5.75 Å². The molecule has 0 saturated carbocycles. The summed E-state index contributed by atoms with van der Waals surface area (Å²) in [5, 5.41) is 9.72. The van der Waals surface area contributed by atoms with Gasteiger partial charge in [0.05, 0.1) is 19.1 Å². The molecule has 0 bridgehead atoms. The lowest BCUT2D eigenvalue weighted by molar-refractivity contribution is -0.135. The zero-order valence-corrected chi connectivity index (χ0v) is 15.9. The molecule has 27 heavy (non-hydrogen) atoms. The van der Waals surface area contributed by atoms with E-state index in [-0.39, 0.29) is 12.5 Å². The number of carbonyl (C=O) groups excluding carboxylic acids is 1. The van der Waals surface area contributed by atoms with Crippen molar-refractivity contribution in [1.82, 2.24) is 9.80 Å². The minimum Gasteiger partial charge on any atom is -0.494 e. The van der Waals surface area contributed by atoms with Gasteiger partial charge in [-0.2, -0.15) is 0 Å². The van der Waals surface area contributed by atoms with E-state index in [1.807, 2.05) is 54.3 Å². The number of ether oxygens (including phenoxy) is 1. The summed E-state index contributed by atoms with van der Waals surface area (Å²) >= 11 is 0. The van der Waals surface area contributed by atoms with E-state index in [0.29, 0.717) is 19.7 Å². The van der Waals surface area contributed by atoms with Gasteiger partial charge in [0, 0.05) is 32.7 Å². The molecule has 5 heteroatoms. The Bertz CT molecular complexity index is 710. The lowest BCUT2D eigenvalue weighted by Crippen LogP contribution is -2.50. The average Bonchev–Trinajstić information content (AvgIpc) is 2.71. The molecule has 1 aliphatic rings. The zero-order chi connectivity index (χ0) is 19.1. The summed E-state index contributed by atoms with van der Waals surface area (Å²) in [4.78, 5) is 17.1. The molecule has 3 rings (SSSR count). The van der Waals surface area contributed by atoms with E-state index < -0.39 is 5.92 Å². The second-order valence-electron chi connectivity index (χ2n) is 6.82. The molecule has 144 valence electrons. The first-order valence-corrected chi connectivity index (χ1v) is 9.60. The number of rotatable bonds is 7. The average molecular weight is 368 g/mol. The maximum absolute atomic E-state index is 12.8. The van der Waals surface area contributed by atoms with Crippen molar-refractivity contribution in [2.75, 3.05) is 39.4 Å². The summed E-state index contributed by atoms with van der Waals surface area (Å²) in [6.07, 6.45) is 0. The summed E-state index contributed by atoms with van der Waals surface area (Å²) in [6.45, 7) is 6.43. The summed E-state index contributed by atoms with van der Waals surface area (Å²) in [5.41, 5.74) is 2.12. The summed E-state index contributed by atoms with van der Waals surface area (Å²) in [6, 6.07) is 17.7. The fraction of sp³-hybridized carbons (Fsp3) is 0.409. The molecule has 1 aliphatic heterocycles. The monoisotopic (exact) mass is 368 g/mol. The van der Waals surface area contributed by atoms with Gasteiger partial charge in [-0.05, 0) is 30.2 Å². The number of aliphatic hydroxyl groups excluding tert-OH is 1. The molecule has 1 saturated heterocycles. The Kier molecular flexibility index (Phi) is 6.85. The van der Waals surface area contributed by atoms with Crippen LogP contribution in [0.4, 0.5) is 0 Å². The van der Waals surface area contributed by atoms with Gasteiger partial charge in [0.25, 0.3) is 0 Å². The maximum Gasteiger partial charge on any atom is 0.232 e. The van der Waals surface area contributed by atoms with Gasteiger partial charge in [-0.15, -0.1) is 0 Å². The second kappa shape index (κ2) is 9.53. The molecule has 2 aromatic carbocycles. The highest BCUT2D eigenvalue weighted by atomic mass is 16.5. The van der Waals surface area contributed by atoms with Crippen molar-refractivity contribution in [2.24, 2.45) is 0 Å². The number of amides is 1. The van der Waals surface area contributed by atoms with Crippen molar-refractivity contribution in [3.05, 3.63) is 65.7 Å². The quantitative estimate of drug-likeness (QED) is 0.816. The first kappa shape index (κ1) is 19.4. The van der Waals surface area contributed by atoms with Gasteiger partial charge in [-0.3, -0.25) is 9.69 Å². The van der Waals surface area contributed by atoms with E-state index in [4.69, 9.17) is 4.74 Å². The van der Waals surface area contributed by atoms with Crippen LogP contribution in [-0.4, -0.2) is 60.2 Å². The van der Waals surface area contributed by atoms with Crippen LogP contribution in [0.3, 0.4) is 0 Å². The summed E-state index contributed by atoms with van der Waals surface area (Å²) < 4.78 is 5.48. The molecule has 1 unspecified atom stereocenters. The van der Waals surface area contributed by atoms with Crippen LogP contribution < -0.4 is 4.74 Å². The largest absolute Gasteiger partial charge is 0.494 e. The number of carbonyl (C=O) groups is 1. The standard InChI is InChI=1S/C22H28N2O3/c1-2-27-20-10-8-18(9-11-20)16-23-12-14-24(15-13-23)22(26)21(17-25)19-6-4-3-5-7-19/h3-11,21,25H,2,12-17H2,1H3. The number of nitrogens with zero attached hydrogens (tertiary/aromatic N) is 2.